The summed E-state index contributed by atoms with van der Waals surface area (Å²) in [6.07, 6.45) is 1.70. The standard InChI is InChI=1S/C17H17N3O2/c1-10(2)11-5-4-6-12(7-11)13-8-14-15(18-9-13)20(3)17(22)19-16(14)21/h4-10H,1-3H3,(H,19,21,22). The second kappa shape index (κ2) is 5.26. The van der Waals surface area contributed by atoms with Crippen LogP contribution in [0.3, 0.4) is 0 Å². The molecule has 0 radical (unpaired) electrons. The van der Waals surface area contributed by atoms with E-state index >= 15 is 0 Å². The number of benzene rings is 1. The van der Waals surface area contributed by atoms with Gasteiger partial charge in [-0.3, -0.25) is 14.3 Å². The molecule has 0 amide bonds. The number of hydrogen-bond acceptors (Lipinski definition) is 3. The van der Waals surface area contributed by atoms with Crippen molar-refractivity contribution < 1.29 is 0 Å². The zero-order valence-corrected chi connectivity index (χ0v) is 12.8. The number of hydrogen-bond donors (Lipinski definition) is 1. The number of rotatable bonds is 2. The molecule has 0 aliphatic rings. The number of fused-ring (bicyclic) bond motifs is 1. The smallest absolute Gasteiger partial charge is 0.281 e. The van der Waals surface area contributed by atoms with Gasteiger partial charge in [0, 0.05) is 18.8 Å². The van der Waals surface area contributed by atoms with Crippen LogP contribution in [0.2, 0.25) is 0 Å². The van der Waals surface area contributed by atoms with Crippen LogP contribution in [0, 0.1) is 0 Å². The van der Waals surface area contributed by atoms with E-state index in [0.29, 0.717) is 17.0 Å². The normalized spacial score (nSPS) is 11.3. The van der Waals surface area contributed by atoms with E-state index in [2.05, 4.69) is 35.9 Å². The molecule has 0 aliphatic carbocycles. The Morgan fingerprint density at radius 1 is 1.14 bits per heavy atom. The van der Waals surface area contributed by atoms with Gasteiger partial charge in [0.1, 0.15) is 5.65 Å². The van der Waals surface area contributed by atoms with E-state index in [9.17, 15) is 9.59 Å². The van der Waals surface area contributed by atoms with Gasteiger partial charge in [0.2, 0.25) is 0 Å². The van der Waals surface area contributed by atoms with Crippen LogP contribution in [0.15, 0.2) is 46.1 Å². The molecular weight excluding hydrogens is 278 g/mol. The Morgan fingerprint density at radius 3 is 2.64 bits per heavy atom. The van der Waals surface area contributed by atoms with Gasteiger partial charge >= 0.3 is 5.69 Å². The molecule has 0 spiro atoms. The average Bonchev–Trinajstić information content (AvgIpc) is 2.52. The van der Waals surface area contributed by atoms with Gasteiger partial charge in [0.15, 0.2) is 0 Å². The Hall–Kier alpha value is -2.69. The minimum Gasteiger partial charge on any atom is -0.281 e. The molecule has 5 heteroatoms. The Bertz CT molecular complexity index is 968. The summed E-state index contributed by atoms with van der Waals surface area (Å²) in [4.78, 5) is 30.2. The summed E-state index contributed by atoms with van der Waals surface area (Å²) >= 11 is 0. The first-order valence-corrected chi connectivity index (χ1v) is 7.17. The molecule has 0 bridgehead atoms. The maximum Gasteiger partial charge on any atom is 0.329 e. The molecule has 2 aromatic heterocycles. The van der Waals surface area contributed by atoms with Crippen molar-refractivity contribution in [2.75, 3.05) is 0 Å². The van der Waals surface area contributed by atoms with Crippen molar-refractivity contribution in [1.29, 1.82) is 0 Å². The van der Waals surface area contributed by atoms with Gasteiger partial charge in [-0.2, -0.15) is 0 Å². The Kier molecular flexibility index (Phi) is 3.41. The number of nitrogens with zero attached hydrogens (tertiary/aromatic N) is 2. The molecule has 5 nitrogen and oxygen atoms in total. The topological polar surface area (TPSA) is 67.8 Å². The largest absolute Gasteiger partial charge is 0.329 e. The van der Waals surface area contributed by atoms with Gasteiger partial charge < -0.3 is 0 Å². The van der Waals surface area contributed by atoms with Crippen molar-refractivity contribution in [3.05, 3.63) is 62.9 Å². The summed E-state index contributed by atoms with van der Waals surface area (Å²) < 4.78 is 1.34. The van der Waals surface area contributed by atoms with Crippen molar-refractivity contribution in [1.82, 2.24) is 14.5 Å². The summed E-state index contributed by atoms with van der Waals surface area (Å²) in [5.74, 6) is 0.428. The molecule has 1 N–H and O–H groups in total. The highest BCUT2D eigenvalue weighted by Gasteiger charge is 2.09. The van der Waals surface area contributed by atoms with Crippen LogP contribution in [0.1, 0.15) is 25.3 Å². The molecule has 3 aromatic rings. The van der Waals surface area contributed by atoms with Crippen LogP contribution >= 0.6 is 0 Å². The number of nitrogens with one attached hydrogen (secondary N) is 1. The fourth-order valence-electron chi connectivity index (χ4n) is 2.47. The number of aryl methyl sites for hydroxylation is 1. The number of H-pyrrole nitrogens is 1. The van der Waals surface area contributed by atoms with E-state index in [0.717, 1.165) is 11.1 Å². The fourth-order valence-corrected chi connectivity index (χ4v) is 2.47. The summed E-state index contributed by atoms with van der Waals surface area (Å²) in [6.45, 7) is 4.27. The third-order valence-electron chi connectivity index (χ3n) is 3.84. The van der Waals surface area contributed by atoms with Crippen LogP contribution in [0.5, 0.6) is 0 Å². The zero-order chi connectivity index (χ0) is 15.9. The minimum absolute atomic E-state index is 0.387. The molecule has 0 saturated carbocycles. The fraction of sp³-hybridized carbons (Fsp3) is 0.235. The van der Waals surface area contributed by atoms with Crippen molar-refractivity contribution in [3.63, 3.8) is 0 Å². The summed E-state index contributed by atoms with van der Waals surface area (Å²) in [5.41, 5.74) is 2.62. The lowest BCUT2D eigenvalue weighted by Crippen LogP contribution is -2.28. The summed E-state index contributed by atoms with van der Waals surface area (Å²) in [5, 5.41) is 0.412. The number of aromatic nitrogens is 3. The van der Waals surface area contributed by atoms with Gasteiger partial charge in [-0.1, -0.05) is 38.1 Å². The van der Waals surface area contributed by atoms with Crippen LogP contribution < -0.4 is 11.2 Å². The second-order valence-corrected chi connectivity index (χ2v) is 5.69. The maximum absolute atomic E-state index is 12.0. The predicted octanol–water partition coefficient (Wildman–Crippen LogP) is 2.41. The van der Waals surface area contributed by atoms with E-state index < -0.39 is 11.2 Å². The summed E-state index contributed by atoms with van der Waals surface area (Å²) in [7, 11) is 1.59. The van der Waals surface area contributed by atoms with E-state index in [1.165, 1.54) is 10.1 Å². The lowest BCUT2D eigenvalue weighted by molar-refractivity contribution is 0.829. The molecule has 0 aliphatic heterocycles. The molecule has 0 unspecified atom stereocenters. The lowest BCUT2D eigenvalue weighted by atomic mass is 9.98. The first-order chi connectivity index (χ1) is 10.5. The zero-order valence-electron chi connectivity index (χ0n) is 12.8. The van der Waals surface area contributed by atoms with Gasteiger partial charge in [-0.25, -0.2) is 9.78 Å². The van der Waals surface area contributed by atoms with Crippen molar-refractivity contribution >= 4 is 11.0 Å². The Balaban J connectivity index is 2.23. The van der Waals surface area contributed by atoms with Gasteiger partial charge in [0.25, 0.3) is 5.56 Å². The molecule has 2 heterocycles. The van der Waals surface area contributed by atoms with Crippen molar-refractivity contribution in [3.8, 4) is 11.1 Å². The number of aromatic amines is 1. The highest BCUT2D eigenvalue weighted by atomic mass is 16.2. The molecular formula is C17H17N3O2. The Labute approximate surface area is 127 Å². The molecule has 0 atom stereocenters. The first-order valence-electron chi connectivity index (χ1n) is 7.17. The Morgan fingerprint density at radius 2 is 1.91 bits per heavy atom. The van der Waals surface area contributed by atoms with E-state index in [1.54, 1.807) is 19.3 Å². The molecule has 0 fully saturated rings. The van der Waals surface area contributed by atoms with Gasteiger partial charge in [0.05, 0.1) is 5.39 Å². The monoisotopic (exact) mass is 295 g/mol. The van der Waals surface area contributed by atoms with Gasteiger partial charge in [-0.15, -0.1) is 0 Å². The highest BCUT2D eigenvalue weighted by Crippen LogP contribution is 2.24. The van der Waals surface area contributed by atoms with Gasteiger partial charge in [-0.05, 0) is 23.1 Å². The summed E-state index contributed by atoms with van der Waals surface area (Å²) in [6, 6.07) is 9.95. The van der Waals surface area contributed by atoms with Crippen LogP contribution in [0.4, 0.5) is 0 Å². The molecule has 3 rings (SSSR count). The van der Waals surface area contributed by atoms with Crippen LogP contribution in [-0.2, 0) is 7.05 Å². The highest BCUT2D eigenvalue weighted by molar-refractivity contribution is 5.80. The third-order valence-corrected chi connectivity index (χ3v) is 3.84. The molecule has 1 aromatic carbocycles. The maximum atomic E-state index is 12.0. The minimum atomic E-state index is -0.459. The van der Waals surface area contributed by atoms with E-state index in [4.69, 9.17) is 0 Å². The second-order valence-electron chi connectivity index (χ2n) is 5.69. The third kappa shape index (κ3) is 2.35. The average molecular weight is 295 g/mol. The quantitative estimate of drug-likeness (QED) is 0.789. The predicted molar refractivity (Wildman–Crippen MR) is 87.1 cm³/mol. The van der Waals surface area contributed by atoms with Crippen molar-refractivity contribution in [2.45, 2.75) is 19.8 Å². The van der Waals surface area contributed by atoms with Crippen molar-refractivity contribution in [2.24, 2.45) is 7.05 Å². The number of pyridine rings is 1. The first kappa shape index (κ1) is 14.3. The SMILES string of the molecule is CC(C)c1cccc(-c2cnc3c(c2)c(=O)[nH]c(=O)n3C)c1. The molecule has 22 heavy (non-hydrogen) atoms. The molecule has 112 valence electrons. The van der Waals surface area contributed by atoms with E-state index in [-0.39, 0.29) is 0 Å². The van der Waals surface area contributed by atoms with E-state index in [1.807, 2.05) is 12.1 Å². The lowest BCUT2D eigenvalue weighted by Gasteiger charge is -2.09. The van der Waals surface area contributed by atoms with Crippen LogP contribution in [-0.4, -0.2) is 14.5 Å². The van der Waals surface area contributed by atoms with Crippen LogP contribution in [0.25, 0.3) is 22.2 Å². The molecule has 0 saturated heterocycles.